The van der Waals surface area contributed by atoms with E-state index in [9.17, 15) is 31.1 Å². The second-order valence-corrected chi connectivity index (χ2v) is 8.19. The normalized spacial score (nSPS) is 18.2. The number of alkyl halides is 6. The molecule has 0 radical (unpaired) electrons. The summed E-state index contributed by atoms with van der Waals surface area (Å²) in [5.74, 6) is -0.868. The van der Waals surface area contributed by atoms with Gasteiger partial charge in [0.25, 0.3) is 5.91 Å². The van der Waals surface area contributed by atoms with Crippen LogP contribution in [0, 0.1) is 0 Å². The summed E-state index contributed by atoms with van der Waals surface area (Å²) in [6.45, 7) is 0.0114. The fraction of sp³-hybridized carbons (Fsp3) is 0.391. The van der Waals surface area contributed by atoms with E-state index in [-0.39, 0.29) is 42.7 Å². The van der Waals surface area contributed by atoms with Crippen molar-refractivity contribution < 1.29 is 35.9 Å². The van der Waals surface area contributed by atoms with E-state index < -0.39 is 24.3 Å². The maximum Gasteiger partial charge on any atom is 0.573 e. The Morgan fingerprint density at radius 1 is 1.06 bits per heavy atom. The highest BCUT2D eigenvalue weighted by atomic mass is 19.4. The van der Waals surface area contributed by atoms with Crippen LogP contribution in [0.5, 0.6) is 5.75 Å². The van der Waals surface area contributed by atoms with Crippen molar-refractivity contribution >= 4 is 11.5 Å². The van der Waals surface area contributed by atoms with Crippen LogP contribution in [0.1, 0.15) is 47.1 Å². The Morgan fingerprint density at radius 3 is 2.32 bits per heavy atom. The molecule has 2 aliphatic rings. The van der Waals surface area contributed by atoms with Crippen molar-refractivity contribution in [3.8, 4) is 5.75 Å². The first-order valence-corrected chi connectivity index (χ1v) is 10.6. The number of hydrogen-bond acceptors (Lipinski definition) is 4. The number of amides is 1. The highest BCUT2D eigenvalue weighted by Gasteiger charge is 2.45. The summed E-state index contributed by atoms with van der Waals surface area (Å²) in [6, 6.07) is 6.87. The van der Waals surface area contributed by atoms with Crippen LogP contribution in [0.25, 0.3) is 5.57 Å². The predicted octanol–water partition coefficient (Wildman–Crippen LogP) is 5.27. The van der Waals surface area contributed by atoms with Gasteiger partial charge in [-0.1, -0.05) is 24.3 Å². The van der Waals surface area contributed by atoms with Gasteiger partial charge < -0.3 is 10.1 Å². The van der Waals surface area contributed by atoms with Crippen LogP contribution >= 0.6 is 0 Å². The average Bonchev–Trinajstić information content (AvgIpc) is 3.58. The lowest BCUT2D eigenvalue weighted by Crippen LogP contribution is -2.40. The van der Waals surface area contributed by atoms with Crippen LogP contribution in [0.3, 0.4) is 0 Å². The molecular formula is C23H21F6N3O2. The molecule has 2 aromatic rings. The SMILES string of the molecule is O=C(NC1CC1)c1cccc(C2=CCN(C(c3ccc(OC(F)(F)F)cc3)C(F)(F)F)CC2)n1. The summed E-state index contributed by atoms with van der Waals surface area (Å²) in [5, 5.41) is 2.85. The molecule has 1 N–H and O–H groups in total. The maximum atomic E-state index is 13.9. The number of nitrogens with zero attached hydrogens (tertiary/aromatic N) is 2. The number of rotatable bonds is 6. The summed E-state index contributed by atoms with van der Waals surface area (Å²) in [4.78, 5) is 17.8. The summed E-state index contributed by atoms with van der Waals surface area (Å²) in [6.07, 6.45) is -5.80. The predicted molar refractivity (Wildman–Crippen MR) is 111 cm³/mol. The summed E-state index contributed by atoms with van der Waals surface area (Å²) in [5.41, 5.74) is 1.32. The van der Waals surface area contributed by atoms with Crippen LogP contribution in [-0.2, 0) is 0 Å². The highest BCUT2D eigenvalue weighted by Crippen LogP contribution is 2.40. The van der Waals surface area contributed by atoms with Crippen molar-refractivity contribution in [1.82, 2.24) is 15.2 Å². The van der Waals surface area contributed by atoms with Gasteiger partial charge in [-0.15, -0.1) is 13.2 Å². The smallest absolute Gasteiger partial charge is 0.406 e. The number of benzene rings is 1. The van der Waals surface area contributed by atoms with Gasteiger partial charge in [-0.25, -0.2) is 4.98 Å². The molecule has 1 aromatic heterocycles. The maximum absolute atomic E-state index is 13.9. The van der Waals surface area contributed by atoms with Crippen molar-refractivity contribution in [2.75, 3.05) is 13.1 Å². The molecule has 5 nitrogen and oxygen atoms in total. The zero-order valence-corrected chi connectivity index (χ0v) is 17.8. The van der Waals surface area contributed by atoms with Crippen LogP contribution in [0.2, 0.25) is 0 Å². The number of pyridine rings is 1. The molecular weight excluding hydrogens is 464 g/mol. The molecule has 1 saturated carbocycles. The second kappa shape index (κ2) is 9.28. The van der Waals surface area contributed by atoms with Gasteiger partial charge >= 0.3 is 12.5 Å². The Kier molecular flexibility index (Phi) is 6.57. The van der Waals surface area contributed by atoms with Gasteiger partial charge in [0.05, 0.1) is 5.69 Å². The van der Waals surface area contributed by atoms with Crippen LogP contribution < -0.4 is 10.1 Å². The van der Waals surface area contributed by atoms with E-state index in [1.807, 2.05) is 0 Å². The van der Waals surface area contributed by atoms with Crippen molar-refractivity contribution in [2.45, 2.75) is 43.9 Å². The number of ether oxygens (including phenoxy) is 1. The van der Waals surface area contributed by atoms with E-state index in [0.29, 0.717) is 5.69 Å². The Labute approximate surface area is 191 Å². The van der Waals surface area contributed by atoms with Gasteiger partial charge in [-0.05, 0) is 54.7 Å². The lowest BCUT2D eigenvalue weighted by Gasteiger charge is -2.35. The number of hydrogen-bond donors (Lipinski definition) is 1. The first kappa shape index (κ1) is 24.1. The minimum absolute atomic E-state index is 0.0412. The van der Waals surface area contributed by atoms with Gasteiger partial charge in [-0.3, -0.25) is 9.69 Å². The molecule has 1 aliphatic carbocycles. The lowest BCUT2D eigenvalue weighted by molar-refractivity contribution is -0.274. The van der Waals surface area contributed by atoms with E-state index in [2.05, 4.69) is 15.0 Å². The quantitative estimate of drug-likeness (QED) is 0.567. The zero-order valence-electron chi connectivity index (χ0n) is 17.8. The third-order valence-corrected chi connectivity index (χ3v) is 5.57. The van der Waals surface area contributed by atoms with Crippen LogP contribution in [-0.4, -0.2) is 47.5 Å². The molecule has 0 saturated heterocycles. The Morgan fingerprint density at radius 2 is 1.76 bits per heavy atom. The molecule has 2 heterocycles. The molecule has 1 aromatic carbocycles. The van der Waals surface area contributed by atoms with Gasteiger partial charge in [0.15, 0.2) is 0 Å². The van der Waals surface area contributed by atoms with Gasteiger partial charge in [0, 0.05) is 19.1 Å². The number of carbonyl (C=O) groups is 1. The molecule has 4 rings (SSSR count). The van der Waals surface area contributed by atoms with Crippen molar-refractivity contribution in [1.29, 1.82) is 0 Å². The van der Waals surface area contributed by atoms with Gasteiger partial charge in [-0.2, -0.15) is 13.2 Å². The average molecular weight is 485 g/mol. The summed E-state index contributed by atoms with van der Waals surface area (Å²) >= 11 is 0. The fourth-order valence-corrected chi connectivity index (χ4v) is 3.84. The first-order chi connectivity index (χ1) is 16.0. The fourth-order valence-electron chi connectivity index (χ4n) is 3.84. The van der Waals surface area contributed by atoms with E-state index in [0.717, 1.165) is 42.7 Å². The number of nitrogens with one attached hydrogen (secondary N) is 1. The molecule has 1 amide bonds. The highest BCUT2D eigenvalue weighted by molar-refractivity contribution is 5.93. The largest absolute Gasteiger partial charge is 0.573 e. The number of carbonyl (C=O) groups excluding carboxylic acids is 1. The topological polar surface area (TPSA) is 54.5 Å². The molecule has 11 heteroatoms. The van der Waals surface area contributed by atoms with Crippen LogP contribution in [0.4, 0.5) is 26.3 Å². The molecule has 1 fully saturated rings. The first-order valence-electron chi connectivity index (χ1n) is 10.6. The molecule has 1 atom stereocenters. The third-order valence-electron chi connectivity index (χ3n) is 5.57. The van der Waals surface area contributed by atoms with E-state index >= 15 is 0 Å². The molecule has 1 aliphatic heterocycles. The Balaban J connectivity index is 1.49. The molecule has 0 spiro atoms. The van der Waals surface area contributed by atoms with Gasteiger partial charge in [0.1, 0.15) is 17.5 Å². The summed E-state index contributed by atoms with van der Waals surface area (Å²) in [7, 11) is 0. The van der Waals surface area contributed by atoms with Crippen molar-refractivity contribution in [3.05, 3.63) is 65.5 Å². The number of aromatic nitrogens is 1. The Hall–Kier alpha value is -3.08. The number of halogens is 6. The van der Waals surface area contributed by atoms with Gasteiger partial charge in [0.2, 0.25) is 0 Å². The van der Waals surface area contributed by atoms with Crippen LogP contribution in [0.15, 0.2) is 48.5 Å². The summed E-state index contributed by atoms with van der Waals surface area (Å²) < 4.78 is 82.5. The molecule has 0 bridgehead atoms. The monoisotopic (exact) mass is 485 g/mol. The van der Waals surface area contributed by atoms with E-state index in [4.69, 9.17) is 0 Å². The minimum Gasteiger partial charge on any atom is -0.406 e. The van der Waals surface area contributed by atoms with Crippen molar-refractivity contribution in [3.63, 3.8) is 0 Å². The van der Waals surface area contributed by atoms with Crippen molar-refractivity contribution in [2.24, 2.45) is 0 Å². The lowest BCUT2D eigenvalue weighted by atomic mass is 9.99. The molecule has 182 valence electrons. The standard InChI is InChI=1S/C23H21F6N3O2/c24-22(25,26)20(15-4-8-17(9-5-15)34-23(27,28)29)32-12-10-14(11-13-32)18-2-1-3-19(31-18)21(33)30-16-6-7-16/h1-5,8-10,16,20H,6-7,11-13H2,(H,30,33). The third kappa shape index (κ3) is 6.07. The zero-order chi connectivity index (χ0) is 24.5. The molecule has 1 unspecified atom stereocenters. The second-order valence-electron chi connectivity index (χ2n) is 8.19. The minimum atomic E-state index is -4.93. The van der Waals surface area contributed by atoms with E-state index in [1.165, 1.54) is 4.90 Å². The Bertz CT molecular complexity index is 1060. The molecule has 34 heavy (non-hydrogen) atoms. The van der Waals surface area contributed by atoms with E-state index in [1.54, 1.807) is 24.3 Å².